The van der Waals surface area contributed by atoms with Gasteiger partial charge in [0.25, 0.3) is 0 Å². The van der Waals surface area contributed by atoms with Crippen molar-refractivity contribution in [3.8, 4) is 0 Å². The zero-order chi connectivity index (χ0) is 10.9. The van der Waals surface area contributed by atoms with Crippen LogP contribution in [-0.2, 0) is 0 Å². The summed E-state index contributed by atoms with van der Waals surface area (Å²) in [6, 6.07) is 0. The van der Waals surface area contributed by atoms with Crippen molar-refractivity contribution in [1.82, 2.24) is 5.01 Å². The van der Waals surface area contributed by atoms with E-state index in [2.05, 4.69) is 32.5 Å². The van der Waals surface area contributed by atoms with Gasteiger partial charge in [0, 0.05) is 19.0 Å². The van der Waals surface area contributed by atoms with Gasteiger partial charge < -0.3 is 0 Å². The molecule has 0 aromatic carbocycles. The third-order valence-electron chi connectivity index (χ3n) is 1.58. The van der Waals surface area contributed by atoms with E-state index in [-0.39, 0.29) is 0 Å². The maximum Gasteiger partial charge on any atom is 0.0407 e. The minimum atomic E-state index is 0.530. The summed E-state index contributed by atoms with van der Waals surface area (Å²) in [5.41, 5.74) is 1.22. The second-order valence-electron chi connectivity index (χ2n) is 2.86. The Morgan fingerprint density at radius 2 is 1.92 bits per heavy atom. The van der Waals surface area contributed by atoms with Gasteiger partial charge in [-0.05, 0) is 12.3 Å². The molecule has 2 heteroatoms. The minimum Gasteiger partial charge on any atom is -0.277 e. The predicted octanol–water partition coefficient (Wildman–Crippen LogP) is 3.51. The van der Waals surface area contributed by atoms with E-state index in [1.54, 1.807) is 11.2 Å². The van der Waals surface area contributed by atoms with Gasteiger partial charge in [0.2, 0.25) is 0 Å². The van der Waals surface area contributed by atoms with Crippen molar-refractivity contribution in [1.29, 1.82) is 0 Å². The third-order valence-corrected chi connectivity index (χ3v) is 1.58. The number of rotatable bonds is 4. The quantitative estimate of drug-likeness (QED) is 0.482. The van der Waals surface area contributed by atoms with Gasteiger partial charge in [-0.25, -0.2) is 0 Å². The van der Waals surface area contributed by atoms with Crippen LogP contribution in [0.1, 0.15) is 41.0 Å². The molecule has 0 spiro atoms. The third kappa shape index (κ3) is 7.57. The van der Waals surface area contributed by atoms with Crippen LogP contribution in [0.3, 0.4) is 0 Å². The van der Waals surface area contributed by atoms with Crippen LogP contribution in [0, 0.1) is 5.92 Å². The summed E-state index contributed by atoms with van der Waals surface area (Å²) in [7, 11) is 1.89. The molecule has 0 heterocycles. The van der Waals surface area contributed by atoms with Crippen LogP contribution < -0.4 is 0 Å². The molecule has 13 heavy (non-hydrogen) atoms. The molecule has 0 unspecified atom stereocenters. The second kappa shape index (κ2) is 9.30. The molecule has 0 aliphatic rings. The average Bonchev–Trinajstić information content (AvgIpc) is 2.16. The first-order chi connectivity index (χ1) is 6.11. The Morgan fingerprint density at radius 1 is 1.46 bits per heavy atom. The van der Waals surface area contributed by atoms with E-state index in [0.29, 0.717) is 5.92 Å². The van der Waals surface area contributed by atoms with E-state index >= 15 is 0 Å². The fourth-order valence-corrected chi connectivity index (χ4v) is 0.838. The van der Waals surface area contributed by atoms with Crippen LogP contribution in [0.5, 0.6) is 0 Å². The molecule has 0 aromatic rings. The first kappa shape index (κ1) is 14.7. The highest BCUT2D eigenvalue weighted by atomic mass is 15.4. The SMILES string of the molecule is C=CN(C)/N=C(\CC)C(C)C.CC. The number of hydrogen-bond donors (Lipinski definition) is 0. The van der Waals surface area contributed by atoms with Gasteiger partial charge in [-0.2, -0.15) is 5.10 Å². The van der Waals surface area contributed by atoms with E-state index in [4.69, 9.17) is 0 Å². The summed E-state index contributed by atoms with van der Waals surface area (Å²) < 4.78 is 0. The largest absolute Gasteiger partial charge is 0.277 e. The normalized spacial score (nSPS) is 10.5. The molecule has 0 atom stereocenters. The van der Waals surface area contributed by atoms with Crippen molar-refractivity contribution in [2.45, 2.75) is 41.0 Å². The average molecular weight is 184 g/mol. The molecule has 0 radical (unpaired) electrons. The summed E-state index contributed by atoms with van der Waals surface area (Å²) in [4.78, 5) is 0. The molecule has 0 saturated carbocycles. The van der Waals surface area contributed by atoms with Crippen LogP contribution in [0.4, 0.5) is 0 Å². The van der Waals surface area contributed by atoms with Gasteiger partial charge in [-0.15, -0.1) is 0 Å². The number of nitrogens with zero attached hydrogens (tertiary/aromatic N) is 2. The maximum atomic E-state index is 4.34. The van der Waals surface area contributed by atoms with Crippen LogP contribution in [0.15, 0.2) is 17.9 Å². The maximum absolute atomic E-state index is 4.34. The van der Waals surface area contributed by atoms with Gasteiger partial charge >= 0.3 is 0 Å². The first-order valence-electron chi connectivity index (χ1n) is 5.04. The zero-order valence-electron chi connectivity index (χ0n) is 9.96. The fraction of sp³-hybridized carbons (Fsp3) is 0.727. The minimum absolute atomic E-state index is 0.530. The van der Waals surface area contributed by atoms with Gasteiger partial charge in [-0.3, -0.25) is 5.01 Å². The van der Waals surface area contributed by atoms with Gasteiger partial charge in [0.05, 0.1) is 0 Å². The molecule has 0 saturated heterocycles. The molecule has 0 N–H and O–H groups in total. The molecule has 0 fully saturated rings. The Labute approximate surface area is 83.3 Å². The molecule has 0 aliphatic heterocycles. The highest BCUT2D eigenvalue weighted by Gasteiger charge is 2.01. The first-order valence-corrected chi connectivity index (χ1v) is 5.04. The Balaban J connectivity index is 0. The summed E-state index contributed by atoms with van der Waals surface area (Å²) in [5.74, 6) is 0.530. The number of hydrogen-bond acceptors (Lipinski definition) is 2. The van der Waals surface area contributed by atoms with Gasteiger partial charge in [0.1, 0.15) is 0 Å². The standard InChI is InChI=1S/C9H18N2.C2H6/c1-6-9(8(3)4)10-11(5)7-2;1-2/h7-8H,2,6H2,1,3-5H3;1-2H3/b10-9+;. The van der Waals surface area contributed by atoms with Crippen LogP contribution in [-0.4, -0.2) is 17.8 Å². The second-order valence-corrected chi connectivity index (χ2v) is 2.86. The monoisotopic (exact) mass is 184 g/mol. The van der Waals surface area contributed by atoms with Crippen molar-refractivity contribution in [3.05, 3.63) is 12.8 Å². The lowest BCUT2D eigenvalue weighted by atomic mass is 10.1. The van der Waals surface area contributed by atoms with Crippen LogP contribution in [0.25, 0.3) is 0 Å². The Bertz CT molecular complexity index is 148. The number of hydrazone groups is 1. The predicted molar refractivity (Wildman–Crippen MR) is 61.9 cm³/mol. The molecule has 2 nitrogen and oxygen atoms in total. The molecule has 78 valence electrons. The van der Waals surface area contributed by atoms with Crippen LogP contribution >= 0.6 is 0 Å². The van der Waals surface area contributed by atoms with Crippen LogP contribution in [0.2, 0.25) is 0 Å². The van der Waals surface area contributed by atoms with Crippen molar-refractivity contribution in [3.63, 3.8) is 0 Å². The Hall–Kier alpha value is -0.790. The van der Waals surface area contributed by atoms with E-state index in [0.717, 1.165) is 6.42 Å². The van der Waals surface area contributed by atoms with E-state index in [1.165, 1.54) is 5.71 Å². The summed E-state index contributed by atoms with van der Waals surface area (Å²) in [6.45, 7) is 14.1. The molecule has 0 rings (SSSR count). The molecule has 0 bridgehead atoms. The summed E-state index contributed by atoms with van der Waals surface area (Å²) in [6.07, 6.45) is 2.72. The lowest BCUT2D eigenvalue weighted by Crippen LogP contribution is -2.12. The van der Waals surface area contributed by atoms with Crippen molar-refractivity contribution >= 4 is 5.71 Å². The molecular weight excluding hydrogens is 160 g/mol. The Morgan fingerprint density at radius 3 is 2.15 bits per heavy atom. The van der Waals surface area contributed by atoms with E-state index in [1.807, 2.05) is 20.9 Å². The lowest BCUT2D eigenvalue weighted by Gasteiger charge is -2.12. The topological polar surface area (TPSA) is 15.6 Å². The fourth-order valence-electron chi connectivity index (χ4n) is 0.838. The lowest BCUT2D eigenvalue weighted by molar-refractivity contribution is 0.484. The smallest absolute Gasteiger partial charge is 0.0407 e. The van der Waals surface area contributed by atoms with Gasteiger partial charge in [-0.1, -0.05) is 41.2 Å². The molecular formula is C11H24N2. The molecule has 0 aromatic heterocycles. The van der Waals surface area contributed by atoms with Gasteiger partial charge in [0.15, 0.2) is 0 Å². The molecule has 0 amide bonds. The summed E-state index contributed by atoms with van der Waals surface area (Å²) >= 11 is 0. The van der Waals surface area contributed by atoms with Crippen molar-refractivity contribution in [2.75, 3.05) is 7.05 Å². The van der Waals surface area contributed by atoms with E-state index in [9.17, 15) is 0 Å². The molecule has 0 aliphatic carbocycles. The highest BCUT2D eigenvalue weighted by molar-refractivity contribution is 5.85. The van der Waals surface area contributed by atoms with E-state index < -0.39 is 0 Å². The zero-order valence-corrected chi connectivity index (χ0v) is 9.96. The Kier molecular flexibility index (Phi) is 10.5. The highest BCUT2D eigenvalue weighted by Crippen LogP contribution is 2.02. The van der Waals surface area contributed by atoms with Crippen molar-refractivity contribution in [2.24, 2.45) is 11.0 Å². The van der Waals surface area contributed by atoms with Crippen molar-refractivity contribution < 1.29 is 0 Å². The summed E-state index contributed by atoms with van der Waals surface area (Å²) in [5, 5.41) is 6.09.